The highest BCUT2D eigenvalue weighted by Gasteiger charge is 2.12. The summed E-state index contributed by atoms with van der Waals surface area (Å²) < 4.78 is 19.1. The number of aryl methyl sites for hydroxylation is 1. The minimum atomic E-state index is -0.527. The fraction of sp³-hybridized carbons (Fsp3) is 0.0714. The quantitative estimate of drug-likeness (QED) is 0.781. The highest BCUT2D eigenvalue weighted by molar-refractivity contribution is 5.48. The fourth-order valence-corrected chi connectivity index (χ4v) is 1.47. The number of para-hydroxylation sites is 1. The molecule has 3 heteroatoms. The van der Waals surface area contributed by atoms with Gasteiger partial charge in [-0.25, -0.2) is 4.39 Å². The Morgan fingerprint density at radius 3 is 2.47 bits per heavy atom. The highest BCUT2D eigenvalue weighted by atomic mass is 19.1. The molecule has 84 valence electrons. The van der Waals surface area contributed by atoms with Crippen molar-refractivity contribution in [3.63, 3.8) is 0 Å². The van der Waals surface area contributed by atoms with Crippen LogP contribution in [-0.4, -0.2) is 0 Å². The first-order valence-corrected chi connectivity index (χ1v) is 5.14. The van der Waals surface area contributed by atoms with E-state index < -0.39 is 5.82 Å². The molecule has 0 N–H and O–H groups in total. The molecule has 2 nitrogen and oxygen atoms in total. The maximum atomic E-state index is 13.7. The summed E-state index contributed by atoms with van der Waals surface area (Å²) in [5.41, 5.74) is 0.371. The molecular weight excluding hydrogens is 217 g/mol. The van der Waals surface area contributed by atoms with E-state index in [0.29, 0.717) is 11.3 Å². The zero-order valence-electron chi connectivity index (χ0n) is 9.27. The van der Waals surface area contributed by atoms with E-state index in [-0.39, 0.29) is 11.3 Å². The molecule has 2 rings (SSSR count). The van der Waals surface area contributed by atoms with E-state index in [2.05, 4.69) is 0 Å². The SMILES string of the molecule is Cc1ccc(Oc2ccccc2)c(C#N)c1F. The fourth-order valence-electron chi connectivity index (χ4n) is 1.47. The second-order valence-electron chi connectivity index (χ2n) is 3.60. The van der Waals surface area contributed by atoms with Gasteiger partial charge < -0.3 is 4.74 Å². The number of nitrogens with zero attached hydrogens (tertiary/aromatic N) is 1. The van der Waals surface area contributed by atoms with Gasteiger partial charge in [0.25, 0.3) is 0 Å². The molecule has 0 bridgehead atoms. The van der Waals surface area contributed by atoms with Gasteiger partial charge in [0.15, 0.2) is 0 Å². The van der Waals surface area contributed by atoms with Gasteiger partial charge in [0.1, 0.15) is 28.9 Å². The van der Waals surface area contributed by atoms with Crippen molar-refractivity contribution in [2.45, 2.75) is 6.92 Å². The van der Waals surface area contributed by atoms with Crippen LogP contribution in [0.5, 0.6) is 11.5 Å². The Balaban J connectivity index is 2.41. The maximum absolute atomic E-state index is 13.7. The Bertz CT molecular complexity index is 573. The topological polar surface area (TPSA) is 33.0 Å². The van der Waals surface area contributed by atoms with Crippen LogP contribution in [0.4, 0.5) is 4.39 Å². The van der Waals surface area contributed by atoms with Crippen LogP contribution in [0.1, 0.15) is 11.1 Å². The van der Waals surface area contributed by atoms with Crippen LogP contribution < -0.4 is 4.74 Å². The lowest BCUT2D eigenvalue weighted by Gasteiger charge is -2.08. The minimum absolute atomic E-state index is 0.0612. The summed E-state index contributed by atoms with van der Waals surface area (Å²) in [7, 11) is 0. The van der Waals surface area contributed by atoms with Gasteiger partial charge >= 0.3 is 0 Å². The van der Waals surface area contributed by atoms with Gasteiger partial charge in [0.05, 0.1) is 0 Å². The van der Waals surface area contributed by atoms with Crippen LogP contribution >= 0.6 is 0 Å². The van der Waals surface area contributed by atoms with Crippen LogP contribution in [0.3, 0.4) is 0 Å². The van der Waals surface area contributed by atoms with Crippen LogP contribution in [0.25, 0.3) is 0 Å². The zero-order valence-corrected chi connectivity index (χ0v) is 9.27. The summed E-state index contributed by atoms with van der Waals surface area (Å²) in [5.74, 6) is 0.287. The van der Waals surface area contributed by atoms with Crippen molar-refractivity contribution in [2.24, 2.45) is 0 Å². The molecule has 0 aliphatic rings. The molecule has 0 atom stereocenters. The number of halogens is 1. The smallest absolute Gasteiger partial charge is 0.148 e. The van der Waals surface area contributed by atoms with Crippen molar-refractivity contribution in [2.75, 3.05) is 0 Å². The Hall–Kier alpha value is -2.34. The molecule has 0 spiro atoms. The van der Waals surface area contributed by atoms with Crippen molar-refractivity contribution in [3.8, 4) is 17.6 Å². The van der Waals surface area contributed by atoms with E-state index in [9.17, 15) is 4.39 Å². The largest absolute Gasteiger partial charge is 0.456 e. The highest BCUT2D eigenvalue weighted by Crippen LogP contribution is 2.27. The van der Waals surface area contributed by atoms with E-state index in [1.54, 1.807) is 31.2 Å². The Kier molecular flexibility index (Phi) is 3.06. The van der Waals surface area contributed by atoms with E-state index >= 15 is 0 Å². The van der Waals surface area contributed by atoms with Crippen molar-refractivity contribution in [1.29, 1.82) is 5.26 Å². The van der Waals surface area contributed by atoms with Crippen molar-refractivity contribution in [1.82, 2.24) is 0 Å². The van der Waals surface area contributed by atoms with E-state index in [1.165, 1.54) is 0 Å². The van der Waals surface area contributed by atoms with Gasteiger partial charge in [-0.1, -0.05) is 24.3 Å². The molecule has 17 heavy (non-hydrogen) atoms. The first kappa shape index (κ1) is 11.2. The third-order valence-corrected chi connectivity index (χ3v) is 2.38. The normalized spacial score (nSPS) is 9.71. The number of ether oxygens (including phenoxy) is 1. The molecule has 0 saturated heterocycles. The summed E-state index contributed by atoms with van der Waals surface area (Å²) in [6.07, 6.45) is 0. The van der Waals surface area contributed by atoms with E-state index in [1.807, 2.05) is 24.3 Å². The summed E-state index contributed by atoms with van der Waals surface area (Å²) in [4.78, 5) is 0. The molecule has 0 unspecified atom stereocenters. The second-order valence-corrected chi connectivity index (χ2v) is 3.60. The lowest BCUT2D eigenvalue weighted by atomic mass is 10.1. The number of nitriles is 1. The summed E-state index contributed by atoms with van der Waals surface area (Å²) >= 11 is 0. The Morgan fingerprint density at radius 2 is 1.82 bits per heavy atom. The monoisotopic (exact) mass is 227 g/mol. The molecule has 2 aromatic rings. The molecular formula is C14H10FNO. The molecule has 0 aliphatic carbocycles. The number of hydrogen-bond acceptors (Lipinski definition) is 2. The van der Waals surface area contributed by atoms with Crippen molar-refractivity contribution < 1.29 is 9.13 Å². The summed E-state index contributed by atoms with van der Waals surface area (Å²) in [6.45, 7) is 1.61. The van der Waals surface area contributed by atoms with Crippen LogP contribution in [-0.2, 0) is 0 Å². The molecule has 0 aromatic heterocycles. The third-order valence-electron chi connectivity index (χ3n) is 2.38. The van der Waals surface area contributed by atoms with Gasteiger partial charge in [-0.2, -0.15) is 5.26 Å². The van der Waals surface area contributed by atoms with Gasteiger partial charge in [0.2, 0.25) is 0 Å². The van der Waals surface area contributed by atoms with Crippen LogP contribution in [0.15, 0.2) is 42.5 Å². The van der Waals surface area contributed by atoms with Crippen molar-refractivity contribution >= 4 is 0 Å². The first-order chi connectivity index (χ1) is 8.22. The number of rotatable bonds is 2. The maximum Gasteiger partial charge on any atom is 0.148 e. The van der Waals surface area contributed by atoms with Crippen LogP contribution in [0.2, 0.25) is 0 Å². The number of benzene rings is 2. The van der Waals surface area contributed by atoms with Gasteiger partial charge in [-0.15, -0.1) is 0 Å². The summed E-state index contributed by atoms with van der Waals surface area (Å²) in [5, 5.41) is 8.93. The van der Waals surface area contributed by atoms with Crippen molar-refractivity contribution in [3.05, 3.63) is 59.4 Å². The average Bonchev–Trinajstić information content (AvgIpc) is 2.36. The summed E-state index contributed by atoms with van der Waals surface area (Å²) in [6, 6.07) is 14.0. The molecule has 2 aromatic carbocycles. The zero-order chi connectivity index (χ0) is 12.3. The molecule has 0 heterocycles. The Labute approximate surface area is 98.9 Å². The van der Waals surface area contributed by atoms with Gasteiger partial charge in [0, 0.05) is 0 Å². The molecule has 0 aliphatic heterocycles. The lowest BCUT2D eigenvalue weighted by molar-refractivity contribution is 0.473. The molecule has 0 amide bonds. The predicted molar refractivity (Wildman–Crippen MR) is 62.4 cm³/mol. The minimum Gasteiger partial charge on any atom is -0.456 e. The predicted octanol–water partition coefficient (Wildman–Crippen LogP) is 3.80. The van der Waals surface area contributed by atoms with Gasteiger partial charge in [-0.05, 0) is 30.7 Å². The van der Waals surface area contributed by atoms with E-state index in [0.717, 1.165) is 0 Å². The average molecular weight is 227 g/mol. The molecule has 0 fully saturated rings. The van der Waals surface area contributed by atoms with Gasteiger partial charge in [-0.3, -0.25) is 0 Å². The standard InChI is InChI=1S/C14H10FNO/c1-10-7-8-13(12(9-16)14(10)15)17-11-5-3-2-4-6-11/h2-8H,1H3. The Morgan fingerprint density at radius 1 is 1.12 bits per heavy atom. The molecule has 0 saturated carbocycles. The number of hydrogen-bond donors (Lipinski definition) is 0. The third kappa shape index (κ3) is 2.26. The molecule has 0 radical (unpaired) electrons. The lowest BCUT2D eigenvalue weighted by Crippen LogP contribution is -1.94. The van der Waals surface area contributed by atoms with Crippen LogP contribution in [0, 0.1) is 24.1 Å². The van der Waals surface area contributed by atoms with E-state index in [4.69, 9.17) is 10.00 Å². The second kappa shape index (κ2) is 4.67. The first-order valence-electron chi connectivity index (χ1n) is 5.14.